The molecule has 0 aromatic heterocycles. The summed E-state index contributed by atoms with van der Waals surface area (Å²) >= 11 is 0. The van der Waals surface area contributed by atoms with Gasteiger partial charge in [0.2, 0.25) is 0 Å². The Morgan fingerprint density at radius 3 is 2.67 bits per heavy atom. The summed E-state index contributed by atoms with van der Waals surface area (Å²) in [7, 11) is -1.75. The van der Waals surface area contributed by atoms with Gasteiger partial charge < -0.3 is 5.11 Å². The monoisotopic (exact) mass is 269 g/mol. The number of rotatable bonds is 4. The maximum atomic E-state index is 13.1. The molecule has 18 heavy (non-hydrogen) atoms. The molecule has 0 aliphatic carbocycles. The fraction of sp³-hybridized carbons (Fsp3) is 0.333. The van der Waals surface area contributed by atoms with Gasteiger partial charge in [0.25, 0.3) is 0 Å². The van der Waals surface area contributed by atoms with Gasteiger partial charge in [-0.3, -0.25) is 9.00 Å². The first-order chi connectivity index (χ1) is 8.28. The van der Waals surface area contributed by atoms with Gasteiger partial charge in [0.1, 0.15) is 10.6 Å². The van der Waals surface area contributed by atoms with Crippen molar-refractivity contribution in [3.63, 3.8) is 0 Å². The largest absolute Gasteiger partial charge is 0.480 e. The smallest absolute Gasteiger partial charge is 0.321 e. The van der Waals surface area contributed by atoms with E-state index < -0.39 is 27.3 Å². The Morgan fingerprint density at radius 1 is 1.56 bits per heavy atom. The van der Waals surface area contributed by atoms with Gasteiger partial charge in [0.05, 0.1) is 17.4 Å². The highest BCUT2D eigenvalue weighted by molar-refractivity contribution is 7.86. The Bertz CT molecular complexity index is 549. The van der Waals surface area contributed by atoms with Crippen LogP contribution in [0.3, 0.4) is 0 Å². The highest BCUT2D eigenvalue weighted by Crippen LogP contribution is 2.20. The lowest BCUT2D eigenvalue weighted by molar-refractivity contribution is -0.139. The molecule has 96 valence electrons. The van der Waals surface area contributed by atoms with Gasteiger partial charge in [-0.1, -0.05) is 0 Å². The highest BCUT2D eigenvalue weighted by atomic mass is 32.2. The number of aliphatic carboxylic acids is 1. The van der Waals surface area contributed by atoms with Crippen molar-refractivity contribution in [3.8, 4) is 6.07 Å². The first-order valence-electron chi connectivity index (χ1n) is 5.09. The molecule has 0 radical (unpaired) electrons. The average molecular weight is 269 g/mol. The molecule has 1 unspecified atom stereocenters. The van der Waals surface area contributed by atoms with E-state index in [1.165, 1.54) is 19.9 Å². The molecule has 0 saturated carbocycles. The minimum atomic E-state index is -1.75. The van der Waals surface area contributed by atoms with Gasteiger partial charge in [-0.05, 0) is 37.6 Å². The van der Waals surface area contributed by atoms with E-state index in [0.717, 1.165) is 12.1 Å². The number of hydrogen-bond donors (Lipinski definition) is 1. The van der Waals surface area contributed by atoms with Crippen molar-refractivity contribution in [2.75, 3.05) is 0 Å². The van der Waals surface area contributed by atoms with E-state index in [-0.39, 0.29) is 16.9 Å². The first-order valence-corrected chi connectivity index (χ1v) is 6.41. The molecule has 4 nitrogen and oxygen atoms in total. The fourth-order valence-electron chi connectivity index (χ4n) is 1.21. The third-order valence-electron chi connectivity index (χ3n) is 2.56. The highest BCUT2D eigenvalue weighted by Gasteiger charge is 2.34. The predicted molar refractivity (Wildman–Crippen MR) is 64.7 cm³/mol. The molecular weight excluding hydrogens is 257 g/mol. The number of carboxylic acids is 1. The lowest BCUT2D eigenvalue weighted by Crippen LogP contribution is -2.37. The van der Waals surface area contributed by atoms with Gasteiger partial charge in [-0.25, -0.2) is 4.39 Å². The lowest BCUT2D eigenvalue weighted by atomic mass is 10.1. The molecule has 1 atom stereocenters. The zero-order valence-corrected chi connectivity index (χ0v) is 10.8. The van der Waals surface area contributed by atoms with Crippen LogP contribution in [0.1, 0.15) is 25.0 Å². The quantitative estimate of drug-likeness (QED) is 0.904. The maximum absolute atomic E-state index is 13.1. The van der Waals surface area contributed by atoms with E-state index >= 15 is 0 Å². The van der Waals surface area contributed by atoms with Crippen LogP contribution in [-0.2, 0) is 21.3 Å². The summed E-state index contributed by atoms with van der Waals surface area (Å²) in [5, 5.41) is 17.8. The minimum Gasteiger partial charge on any atom is -0.480 e. The Labute approximate surface area is 107 Å². The topological polar surface area (TPSA) is 78.2 Å². The van der Waals surface area contributed by atoms with Crippen LogP contribution < -0.4 is 0 Å². The third kappa shape index (κ3) is 2.93. The average Bonchev–Trinajstić information content (AvgIpc) is 2.29. The second-order valence-corrected chi connectivity index (χ2v) is 6.22. The Hall–Kier alpha value is -1.74. The number of carbonyl (C=O) groups is 1. The van der Waals surface area contributed by atoms with E-state index in [1.807, 2.05) is 6.07 Å². The van der Waals surface area contributed by atoms with Crippen molar-refractivity contribution in [1.82, 2.24) is 0 Å². The Morgan fingerprint density at radius 2 is 2.17 bits per heavy atom. The lowest BCUT2D eigenvalue weighted by Gasteiger charge is -2.18. The summed E-state index contributed by atoms with van der Waals surface area (Å²) < 4.78 is 23.6. The second-order valence-electron chi connectivity index (χ2n) is 4.22. The van der Waals surface area contributed by atoms with Crippen LogP contribution >= 0.6 is 0 Å². The van der Waals surface area contributed by atoms with E-state index in [2.05, 4.69) is 0 Å². The molecule has 6 heteroatoms. The summed E-state index contributed by atoms with van der Waals surface area (Å²) in [6.07, 6.45) is 0. The fourth-order valence-corrected chi connectivity index (χ4v) is 2.29. The molecule has 1 rings (SSSR count). The van der Waals surface area contributed by atoms with Crippen molar-refractivity contribution >= 4 is 16.8 Å². The molecule has 0 spiro atoms. The number of nitrogens with zero attached hydrogens (tertiary/aromatic N) is 1. The predicted octanol–water partition coefficient (Wildman–Crippen LogP) is 1.81. The van der Waals surface area contributed by atoms with Crippen molar-refractivity contribution in [2.24, 2.45) is 0 Å². The maximum Gasteiger partial charge on any atom is 0.321 e. The molecular formula is C12H12FNO3S. The molecule has 0 aliphatic heterocycles. The van der Waals surface area contributed by atoms with E-state index in [0.29, 0.717) is 0 Å². The van der Waals surface area contributed by atoms with Crippen LogP contribution in [0.15, 0.2) is 18.2 Å². The number of carboxylic acid groups (broad SMARTS) is 1. The van der Waals surface area contributed by atoms with Crippen molar-refractivity contribution in [2.45, 2.75) is 24.3 Å². The Kier molecular flexibility index (Phi) is 4.19. The molecule has 0 amide bonds. The zero-order valence-electron chi connectivity index (χ0n) is 9.94. The minimum absolute atomic E-state index is 0.167. The van der Waals surface area contributed by atoms with Crippen LogP contribution in [-0.4, -0.2) is 20.0 Å². The van der Waals surface area contributed by atoms with Crippen molar-refractivity contribution in [3.05, 3.63) is 35.1 Å². The summed E-state index contributed by atoms with van der Waals surface area (Å²) in [5.74, 6) is -1.91. The van der Waals surface area contributed by atoms with Crippen LogP contribution in [0, 0.1) is 17.1 Å². The second kappa shape index (κ2) is 5.27. The number of halogens is 1. The van der Waals surface area contributed by atoms with Gasteiger partial charge in [0.15, 0.2) is 0 Å². The van der Waals surface area contributed by atoms with Gasteiger partial charge >= 0.3 is 5.97 Å². The third-order valence-corrected chi connectivity index (χ3v) is 4.44. The summed E-state index contributed by atoms with van der Waals surface area (Å²) in [6, 6.07) is 5.39. The molecule has 0 bridgehead atoms. The molecule has 1 aromatic rings. The molecule has 0 aliphatic rings. The van der Waals surface area contributed by atoms with Crippen molar-refractivity contribution in [1.29, 1.82) is 5.26 Å². The SMILES string of the molecule is CC(C)(C(=O)O)S(=O)Cc1cc(F)ccc1C#N. The molecule has 0 heterocycles. The van der Waals surface area contributed by atoms with Crippen LogP contribution in [0.5, 0.6) is 0 Å². The molecule has 0 saturated heterocycles. The number of hydrogen-bond acceptors (Lipinski definition) is 3. The molecule has 1 N–H and O–H groups in total. The van der Waals surface area contributed by atoms with Gasteiger partial charge in [-0.2, -0.15) is 5.26 Å². The molecule has 1 aromatic carbocycles. The number of benzene rings is 1. The first kappa shape index (κ1) is 14.3. The van der Waals surface area contributed by atoms with E-state index in [1.54, 1.807) is 0 Å². The summed E-state index contributed by atoms with van der Waals surface area (Å²) in [6.45, 7) is 2.66. The number of nitriles is 1. The van der Waals surface area contributed by atoms with Crippen LogP contribution in [0.4, 0.5) is 4.39 Å². The van der Waals surface area contributed by atoms with Gasteiger partial charge in [-0.15, -0.1) is 0 Å². The normalized spacial score (nSPS) is 12.8. The Balaban J connectivity index is 3.06. The molecule has 0 fully saturated rings. The summed E-state index contributed by atoms with van der Waals surface area (Å²) in [4.78, 5) is 10.9. The van der Waals surface area contributed by atoms with Crippen LogP contribution in [0.25, 0.3) is 0 Å². The summed E-state index contributed by atoms with van der Waals surface area (Å²) in [5.41, 5.74) is 0.455. The van der Waals surface area contributed by atoms with Crippen molar-refractivity contribution < 1.29 is 18.5 Å². The van der Waals surface area contributed by atoms with Crippen LogP contribution in [0.2, 0.25) is 0 Å². The standard InChI is InChI=1S/C12H12FNO3S/c1-12(2,11(15)16)18(17)7-9-5-10(13)4-3-8(9)6-14/h3-5H,7H2,1-2H3,(H,15,16). The zero-order chi connectivity index (χ0) is 13.9. The van der Waals surface area contributed by atoms with E-state index in [9.17, 15) is 13.4 Å². The van der Waals surface area contributed by atoms with Gasteiger partial charge in [0, 0.05) is 10.8 Å². The van der Waals surface area contributed by atoms with E-state index in [4.69, 9.17) is 10.4 Å².